The van der Waals surface area contributed by atoms with Gasteiger partial charge in [0, 0.05) is 18.0 Å². The molecule has 2 nitrogen and oxygen atoms in total. The fraction of sp³-hybridized carbons (Fsp3) is 0.583. The summed E-state index contributed by atoms with van der Waals surface area (Å²) < 4.78 is 0. The second-order valence-electron chi connectivity index (χ2n) is 3.85. The summed E-state index contributed by atoms with van der Waals surface area (Å²) in [5, 5.41) is 8.78. The van der Waals surface area contributed by atoms with Crippen molar-refractivity contribution >= 4 is 0 Å². The second-order valence-corrected chi connectivity index (χ2v) is 3.85. The quantitative estimate of drug-likeness (QED) is 0.798. The zero-order valence-corrected chi connectivity index (χ0v) is 9.52. The normalized spacial score (nSPS) is 10.6. The Morgan fingerprint density at radius 1 is 1.00 bits per heavy atom. The molecule has 1 aromatic rings. The van der Waals surface area contributed by atoms with Crippen LogP contribution in [0.5, 0.6) is 0 Å². The highest BCUT2D eigenvalue weighted by molar-refractivity contribution is 5.37. The molecule has 78 valence electrons. The minimum Gasteiger partial charge on any atom is -0.396 e. The van der Waals surface area contributed by atoms with E-state index in [0.717, 1.165) is 24.2 Å². The van der Waals surface area contributed by atoms with Gasteiger partial charge in [-0.15, -0.1) is 0 Å². The van der Waals surface area contributed by atoms with Gasteiger partial charge in [0.2, 0.25) is 0 Å². The minimum absolute atomic E-state index is 0.243. The first-order valence-corrected chi connectivity index (χ1v) is 5.12. The molecule has 0 unspecified atom stereocenters. The van der Waals surface area contributed by atoms with Gasteiger partial charge in [-0.3, -0.25) is 4.98 Å². The SMILES string of the molecule is Cc1nc(CCCO)c(C)c(C)c1C. The first-order valence-electron chi connectivity index (χ1n) is 5.12. The Labute approximate surface area is 86.0 Å². The summed E-state index contributed by atoms with van der Waals surface area (Å²) in [6.07, 6.45) is 1.68. The van der Waals surface area contributed by atoms with E-state index in [-0.39, 0.29) is 6.61 Å². The van der Waals surface area contributed by atoms with E-state index in [4.69, 9.17) is 5.11 Å². The molecule has 2 heteroatoms. The fourth-order valence-corrected chi connectivity index (χ4v) is 1.63. The van der Waals surface area contributed by atoms with Crippen LogP contribution in [-0.4, -0.2) is 16.7 Å². The Balaban J connectivity index is 3.06. The van der Waals surface area contributed by atoms with Gasteiger partial charge in [0.15, 0.2) is 0 Å². The summed E-state index contributed by atoms with van der Waals surface area (Å²) in [6, 6.07) is 0. The summed E-state index contributed by atoms with van der Waals surface area (Å²) in [7, 11) is 0. The van der Waals surface area contributed by atoms with Crippen molar-refractivity contribution in [2.75, 3.05) is 6.61 Å². The van der Waals surface area contributed by atoms with Crippen molar-refractivity contribution in [3.63, 3.8) is 0 Å². The van der Waals surface area contributed by atoms with E-state index >= 15 is 0 Å². The van der Waals surface area contributed by atoms with Gasteiger partial charge >= 0.3 is 0 Å². The maximum absolute atomic E-state index is 8.78. The van der Waals surface area contributed by atoms with E-state index in [2.05, 4.69) is 25.8 Å². The van der Waals surface area contributed by atoms with Gasteiger partial charge in [-0.05, 0) is 57.2 Å². The molecule has 0 bridgehead atoms. The molecule has 0 saturated carbocycles. The second kappa shape index (κ2) is 4.56. The molecule has 0 aliphatic heterocycles. The summed E-state index contributed by atoms with van der Waals surface area (Å²) >= 11 is 0. The summed E-state index contributed by atoms with van der Waals surface area (Å²) in [4.78, 5) is 4.56. The van der Waals surface area contributed by atoms with E-state index in [0.29, 0.717) is 0 Å². The molecule has 0 amide bonds. The number of nitrogens with zero attached hydrogens (tertiary/aromatic N) is 1. The third-order valence-corrected chi connectivity index (χ3v) is 2.97. The van der Waals surface area contributed by atoms with Gasteiger partial charge in [-0.1, -0.05) is 0 Å². The number of aliphatic hydroxyl groups is 1. The molecular weight excluding hydrogens is 174 g/mol. The molecule has 0 radical (unpaired) electrons. The fourth-order valence-electron chi connectivity index (χ4n) is 1.63. The molecule has 0 fully saturated rings. The molecule has 0 atom stereocenters. The predicted octanol–water partition coefficient (Wildman–Crippen LogP) is 2.24. The number of rotatable bonds is 3. The third-order valence-electron chi connectivity index (χ3n) is 2.97. The van der Waals surface area contributed by atoms with E-state index in [1.165, 1.54) is 16.7 Å². The zero-order valence-electron chi connectivity index (χ0n) is 9.52. The number of pyridine rings is 1. The summed E-state index contributed by atoms with van der Waals surface area (Å²) in [5.74, 6) is 0. The van der Waals surface area contributed by atoms with E-state index < -0.39 is 0 Å². The smallest absolute Gasteiger partial charge is 0.0439 e. The topological polar surface area (TPSA) is 33.1 Å². The molecule has 0 aliphatic rings. The van der Waals surface area contributed by atoms with Crippen LogP contribution in [0.1, 0.15) is 34.5 Å². The van der Waals surface area contributed by atoms with Crippen LogP contribution >= 0.6 is 0 Å². The molecule has 1 heterocycles. The van der Waals surface area contributed by atoms with Gasteiger partial charge in [0.25, 0.3) is 0 Å². The van der Waals surface area contributed by atoms with Crippen molar-refractivity contribution in [3.05, 3.63) is 28.1 Å². The van der Waals surface area contributed by atoms with E-state index in [1.54, 1.807) is 0 Å². The van der Waals surface area contributed by atoms with Crippen molar-refractivity contribution in [2.24, 2.45) is 0 Å². The Morgan fingerprint density at radius 3 is 2.21 bits per heavy atom. The van der Waals surface area contributed by atoms with E-state index in [9.17, 15) is 0 Å². The van der Waals surface area contributed by atoms with Crippen LogP contribution in [-0.2, 0) is 6.42 Å². The summed E-state index contributed by atoms with van der Waals surface area (Å²) in [6.45, 7) is 8.65. The van der Waals surface area contributed by atoms with Gasteiger partial charge in [-0.25, -0.2) is 0 Å². The molecule has 0 aliphatic carbocycles. The van der Waals surface area contributed by atoms with Crippen molar-refractivity contribution < 1.29 is 5.11 Å². The minimum atomic E-state index is 0.243. The van der Waals surface area contributed by atoms with Crippen LogP contribution in [0.3, 0.4) is 0 Å². The number of hydrogen-bond donors (Lipinski definition) is 1. The number of hydrogen-bond acceptors (Lipinski definition) is 2. The monoisotopic (exact) mass is 193 g/mol. The maximum atomic E-state index is 8.78. The highest BCUT2D eigenvalue weighted by atomic mass is 16.2. The lowest BCUT2D eigenvalue weighted by molar-refractivity contribution is 0.288. The molecule has 1 aromatic heterocycles. The van der Waals surface area contributed by atoms with Gasteiger partial charge in [0.05, 0.1) is 0 Å². The lowest BCUT2D eigenvalue weighted by Gasteiger charge is -2.12. The molecule has 1 rings (SSSR count). The van der Waals surface area contributed by atoms with Crippen LogP contribution in [0.25, 0.3) is 0 Å². The van der Waals surface area contributed by atoms with Gasteiger partial charge < -0.3 is 5.11 Å². The molecule has 0 aromatic carbocycles. The summed E-state index contributed by atoms with van der Waals surface area (Å²) in [5.41, 5.74) is 6.16. The van der Waals surface area contributed by atoms with Crippen LogP contribution in [0.4, 0.5) is 0 Å². The molecule has 0 saturated heterocycles. The zero-order chi connectivity index (χ0) is 10.7. The lowest BCUT2D eigenvalue weighted by atomic mass is 10.00. The Bertz CT molecular complexity index is 332. The standard InChI is InChI=1S/C12H19NO/c1-8-9(2)11(4)13-12(10(8)3)6-5-7-14/h14H,5-7H2,1-4H3. The van der Waals surface area contributed by atoms with Crippen molar-refractivity contribution in [1.29, 1.82) is 0 Å². The molecule has 0 spiro atoms. The average Bonchev–Trinajstić information content (AvgIpc) is 2.18. The van der Waals surface area contributed by atoms with Crippen molar-refractivity contribution in [1.82, 2.24) is 4.98 Å². The van der Waals surface area contributed by atoms with Crippen molar-refractivity contribution in [3.8, 4) is 0 Å². The predicted molar refractivity (Wildman–Crippen MR) is 58.6 cm³/mol. The average molecular weight is 193 g/mol. The molecular formula is C12H19NO. The lowest BCUT2D eigenvalue weighted by Crippen LogP contribution is -2.03. The van der Waals surface area contributed by atoms with Gasteiger partial charge in [-0.2, -0.15) is 0 Å². The van der Waals surface area contributed by atoms with Crippen molar-refractivity contribution in [2.45, 2.75) is 40.5 Å². The number of aromatic nitrogens is 1. The Kier molecular flexibility index (Phi) is 3.64. The Hall–Kier alpha value is -0.890. The number of aliphatic hydroxyl groups excluding tert-OH is 1. The van der Waals surface area contributed by atoms with Gasteiger partial charge in [0.1, 0.15) is 0 Å². The highest BCUT2D eigenvalue weighted by Gasteiger charge is 2.07. The Morgan fingerprint density at radius 2 is 1.64 bits per heavy atom. The van der Waals surface area contributed by atoms with Crippen LogP contribution < -0.4 is 0 Å². The maximum Gasteiger partial charge on any atom is 0.0439 e. The molecule has 1 N–H and O–H groups in total. The first kappa shape index (κ1) is 11.2. The third kappa shape index (κ3) is 2.13. The van der Waals surface area contributed by atoms with Crippen LogP contribution in [0.2, 0.25) is 0 Å². The largest absolute Gasteiger partial charge is 0.396 e. The number of aryl methyl sites for hydroxylation is 2. The molecule has 14 heavy (non-hydrogen) atoms. The first-order chi connectivity index (χ1) is 6.57. The van der Waals surface area contributed by atoms with E-state index in [1.807, 2.05) is 6.92 Å². The van der Waals surface area contributed by atoms with Crippen LogP contribution in [0.15, 0.2) is 0 Å². The highest BCUT2D eigenvalue weighted by Crippen LogP contribution is 2.18. The van der Waals surface area contributed by atoms with Crippen LogP contribution in [0, 0.1) is 27.7 Å².